The number of carbonyl (C=O) groups excluding carboxylic acids is 2. The monoisotopic (exact) mass is 432 g/mol. The lowest BCUT2D eigenvalue weighted by molar-refractivity contribution is -0.155. The van der Waals surface area contributed by atoms with Crippen molar-refractivity contribution in [3.63, 3.8) is 0 Å². The molecule has 0 spiro atoms. The second-order valence-electron chi connectivity index (χ2n) is 12.1. The number of nitrogens with zero attached hydrogens (tertiary/aromatic N) is 1. The van der Waals surface area contributed by atoms with E-state index in [1.807, 2.05) is 13.8 Å². The van der Waals surface area contributed by atoms with Gasteiger partial charge >= 0.3 is 6.09 Å². The lowest BCUT2D eigenvalue weighted by Crippen LogP contribution is -2.67. The number of hydrogen-bond donors (Lipinski definition) is 1. The Morgan fingerprint density at radius 1 is 1.13 bits per heavy atom. The first-order valence-corrected chi connectivity index (χ1v) is 12.8. The molecule has 4 aliphatic rings. The van der Waals surface area contributed by atoms with Crippen LogP contribution in [0.4, 0.5) is 4.79 Å². The fourth-order valence-corrected chi connectivity index (χ4v) is 8.86. The summed E-state index contributed by atoms with van der Waals surface area (Å²) in [6.07, 6.45) is 6.31. The molecule has 3 unspecified atom stereocenters. The lowest BCUT2D eigenvalue weighted by Gasteiger charge is -2.62. The fourth-order valence-electron chi connectivity index (χ4n) is 8.86. The van der Waals surface area contributed by atoms with Crippen LogP contribution in [0, 0.1) is 35.0 Å². The molecule has 31 heavy (non-hydrogen) atoms. The van der Waals surface area contributed by atoms with Gasteiger partial charge in [-0.3, -0.25) is 9.69 Å². The number of ether oxygens (including phenoxy) is 1. The first-order valence-electron chi connectivity index (χ1n) is 12.8. The summed E-state index contributed by atoms with van der Waals surface area (Å²) in [6.45, 7) is 16.5. The van der Waals surface area contributed by atoms with Crippen LogP contribution in [-0.4, -0.2) is 47.0 Å². The number of amides is 1. The number of piperidine rings is 2. The summed E-state index contributed by atoms with van der Waals surface area (Å²) < 4.78 is 5.90. The molecule has 4 rings (SSSR count). The first kappa shape index (κ1) is 23.1. The highest BCUT2D eigenvalue weighted by molar-refractivity contribution is 5.84. The molecule has 2 saturated carbocycles. The zero-order chi connectivity index (χ0) is 22.7. The van der Waals surface area contributed by atoms with Crippen LogP contribution in [0.15, 0.2) is 0 Å². The third kappa shape index (κ3) is 3.63. The maximum absolute atomic E-state index is 12.4. The van der Waals surface area contributed by atoms with Gasteiger partial charge in [-0.1, -0.05) is 13.8 Å². The van der Waals surface area contributed by atoms with Crippen molar-refractivity contribution in [2.75, 3.05) is 6.54 Å². The Morgan fingerprint density at radius 3 is 2.52 bits per heavy atom. The van der Waals surface area contributed by atoms with Crippen molar-refractivity contribution < 1.29 is 14.3 Å². The topological polar surface area (TPSA) is 58.6 Å². The van der Waals surface area contributed by atoms with Gasteiger partial charge in [0.15, 0.2) is 0 Å². The van der Waals surface area contributed by atoms with Gasteiger partial charge in [0, 0.05) is 23.9 Å². The van der Waals surface area contributed by atoms with Gasteiger partial charge in [-0.2, -0.15) is 0 Å². The SMILES string of the molecule is CC(C)NC(=O)OC(C)[C@H]1C(C)C[C@H]2[C@@H]3CCN4C(C)C(=O)CC[C@]4(C)[C@H]3CC[C@]12C. The minimum Gasteiger partial charge on any atom is -0.446 e. The van der Waals surface area contributed by atoms with Crippen molar-refractivity contribution in [3.05, 3.63) is 0 Å². The van der Waals surface area contributed by atoms with Gasteiger partial charge in [-0.05, 0) is 102 Å². The summed E-state index contributed by atoms with van der Waals surface area (Å²) in [4.78, 5) is 27.3. The fraction of sp³-hybridized carbons (Fsp3) is 0.923. The van der Waals surface area contributed by atoms with E-state index in [4.69, 9.17) is 4.74 Å². The van der Waals surface area contributed by atoms with Gasteiger partial charge < -0.3 is 10.1 Å². The number of Topliss-reactive ketones (excluding diaryl/α,β-unsaturated/α-hetero) is 1. The number of alkyl carbamates (subject to hydrolysis) is 1. The molecule has 1 N–H and O–H groups in total. The molecule has 4 fully saturated rings. The Labute approximate surface area is 189 Å². The summed E-state index contributed by atoms with van der Waals surface area (Å²) in [5, 5.41) is 2.89. The Morgan fingerprint density at radius 2 is 1.84 bits per heavy atom. The van der Waals surface area contributed by atoms with E-state index in [1.54, 1.807) is 0 Å². The molecule has 0 aromatic heterocycles. The molecule has 9 atom stereocenters. The molecule has 0 bridgehead atoms. The molecular weight excluding hydrogens is 388 g/mol. The summed E-state index contributed by atoms with van der Waals surface area (Å²) in [6, 6.07) is 0.173. The van der Waals surface area contributed by atoms with Gasteiger partial charge in [0.2, 0.25) is 0 Å². The largest absolute Gasteiger partial charge is 0.446 e. The second kappa shape index (κ2) is 8.04. The molecule has 0 radical (unpaired) electrons. The number of ketones is 1. The second-order valence-corrected chi connectivity index (χ2v) is 12.1. The Balaban J connectivity index is 1.54. The van der Waals surface area contributed by atoms with Crippen LogP contribution in [-0.2, 0) is 9.53 Å². The average molecular weight is 433 g/mol. The van der Waals surface area contributed by atoms with Gasteiger partial charge in [-0.15, -0.1) is 0 Å². The van der Waals surface area contributed by atoms with Crippen molar-refractivity contribution in [3.8, 4) is 0 Å². The summed E-state index contributed by atoms with van der Waals surface area (Å²) in [7, 11) is 0. The molecule has 5 nitrogen and oxygen atoms in total. The smallest absolute Gasteiger partial charge is 0.407 e. The normalized spacial score (nSPS) is 46.1. The molecule has 2 aliphatic carbocycles. The molecule has 5 heteroatoms. The number of carbonyl (C=O) groups is 2. The maximum atomic E-state index is 12.4. The van der Waals surface area contributed by atoms with Crippen LogP contribution < -0.4 is 5.32 Å². The van der Waals surface area contributed by atoms with Crippen molar-refractivity contribution in [1.29, 1.82) is 0 Å². The highest BCUT2D eigenvalue weighted by Gasteiger charge is 2.63. The molecule has 176 valence electrons. The zero-order valence-electron chi connectivity index (χ0n) is 20.7. The molecule has 0 aromatic carbocycles. The number of rotatable bonds is 3. The maximum Gasteiger partial charge on any atom is 0.407 e. The van der Waals surface area contributed by atoms with Gasteiger partial charge in [0.05, 0.1) is 6.04 Å². The van der Waals surface area contributed by atoms with E-state index >= 15 is 0 Å². The van der Waals surface area contributed by atoms with E-state index in [0.717, 1.165) is 25.3 Å². The first-order chi connectivity index (χ1) is 14.5. The molecule has 1 amide bonds. The Kier molecular flexibility index (Phi) is 5.98. The van der Waals surface area contributed by atoms with Crippen LogP contribution in [0.25, 0.3) is 0 Å². The predicted octanol–water partition coefficient (Wildman–Crippen LogP) is 5.03. The minimum atomic E-state index is -0.280. The molecule has 0 aromatic rings. The quantitative estimate of drug-likeness (QED) is 0.679. The highest BCUT2D eigenvalue weighted by Crippen LogP contribution is 2.65. The van der Waals surface area contributed by atoms with E-state index < -0.39 is 0 Å². The van der Waals surface area contributed by atoms with Crippen molar-refractivity contribution in [2.24, 2.45) is 35.0 Å². The van der Waals surface area contributed by atoms with Crippen LogP contribution in [0.5, 0.6) is 0 Å². The average Bonchev–Trinajstić information content (AvgIpc) is 2.94. The number of hydrogen-bond acceptors (Lipinski definition) is 4. The van der Waals surface area contributed by atoms with E-state index in [1.165, 1.54) is 25.7 Å². The van der Waals surface area contributed by atoms with Crippen molar-refractivity contribution >= 4 is 11.9 Å². The van der Waals surface area contributed by atoms with E-state index in [9.17, 15) is 9.59 Å². The van der Waals surface area contributed by atoms with E-state index in [2.05, 4.69) is 44.8 Å². The van der Waals surface area contributed by atoms with Crippen LogP contribution in [0.2, 0.25) is 0 Å². The summed E-state index contributed by atoms with van der Waals surface area (Å²) >= 11 is 0. The third-order valence-electron chi connectivity index (χ3n) is 10.0. The third-order valence-corrected chi connectivity index (χ3v) is 10.0. The zero-order valence-corrected chi connectivity index (χ0v) is 20.7. The lowest BCUT2D eigenvalue weighted by atomic mass is 9.51. The summed E-state index contributed by atoms with van der Waals surface area (Å²) in [5.41, 5.74) is 0.394. The Bertz CT molecular complexity index is 723. The van der Waals surface area contributed by atoms with Crippen LogP contribution >= 0.6 is 0 Å². The molecule has 2 heterocycles. The van der Waals surface area contributed by atoms with Gasteiger partial charge in [-0.25, -0.2) is 4.79 Å². The van der Waals surface area contributed by atoms with Gasteiger partial charge in [0.1, 0.15) is 11.9 Å². The highest BCUT2D eigenvalue weighted by atomic mass is 16.6. The number of nitrogens with one attached hydrogen (secondary N) is 1. The van der Waals surface area contributed by atoms with Gasteiger partial charge in [0.25, 0.3) is 0 Å². The Hall–Kier alpha value is -1.10. The standard InChI is InChI=1S/C26H44N2O3/c1-15(2)27-24(30)31-18(5)23-16(3)14-21-19-10-13-28-17(4)22(29)9-12-26(28,7)20(19)8-11-25(21,23)6/h15-21,23H,8-14H2,1-7H3,(H,27,30)/t16?,17?,18?,19-,20+,21+,23-,25+,26-/m1/s1. The van der Waals surface area contributed by atoms with E-state index in [0.29, 0.717) is 29.5 Å². The summed E-state index contributed by atoms with van der Waals surface area (Å²) in [5.74, 6) is 3.50. The van der Waals surface area contributed by atoms with E-state index in [-0.39, 0.29) is 35.2 Å². The van der Waals surface area contributed by atoms with Crippen LogP contribution in [0.3, 0.4) is 0 Å². The van der Waals surface area contributed by atoms with Crippen LogP contribution in [0.1, 0.15) is 87.0 Å². The van der Waals surface area contributed by atoms with Crippen molar-refractivity contribution in [2.45, 2.75) is 111 Å². The number of fused-ring (bicyclic) bond motifs is 5. The minimum absolute atomic E-state index is 0.0664. The molecule has 2 aliphatic heterocycles. The van der Waals surface area contributed by atoms with Crippen molar-refractivity contribution in [1.82, 2.24) is 10.2 Å². The predicted molar refractivity (Wildman–Crippen MR) is 123 cm³/mol. The molecular formula is C26H44N2O3. The molecule has 2 saturated heterocycles.